The van der Waals surface area contributed by atoms with Crippen LogP contribution >= 0.6 is 23.2 Å². The van der Waals surface area contributed by atoms with Gasteiger partial charge in [-0.25, -0.2) is 14.4 Å². The van der Waals surface area contributed by atoms with Gasteiger partial charge in [-0.1, -0.05) is 108 Å². The highest BCUT2D eigenvalue weighted by Gasteiger charge is 2.18. The minimum absolute atomic E-state index is 0.0273. The summed E-state index contributed by atoms with van der Waals surface area (Å²) in [7, 11) is 2.70. The van der Waals surface area contributed by atoms with E-state index in [4.69, 9.17) is 32.7 Å². The fourth-order valence-electron chi connectivity index (χ4n) is 7.56. The van der Waals surface area contributed by atoms with E-state index in [0.29, 0.717) is 47.1 Å². The van der Waals surface area contributed by atoms with E-state index in [1.165, 1.54) is 19.8 Å². The average molecular weight is 854 g/mol. The van der Waals surface area contributed by atoms with Crippen LogP contribution in [0.1, 0.15) is 70.3 Å². The molecule has 0 aliphatic heterocycles. The normalized spacial score (nSPS) is 11.0. The number of hydrogen-bond acceptors (Lipinski definition) is 6. The third-order valence-corrected chi connectivity index (χ3v) is 11.0. The molecule has 0 fully saturated rings. The second-order valence-corrected chi connectivity index (χ2v) is 15.4. The number of nitrogens with zero attached hydrogens (tertiary/aromatic N) is 2. The smallest absolute Gasteiger partial charge is 0.352 e. The van der Waals surface area contributed by atoms with Crippen molar-refractivity contribution >= 4 is 62.9 Å². The first-order chi connectivity index (χ1) is 29.5. The topological polar surface area (TPSA) is 120 Å². The van der Waals surface area contributed by atoms with E-state index in [1.54, 1.807) is 34.9 Å². The summed E-state index contributed by atoms with van der Waals surface area (Å²) in [5.74, 6) is -1.81. The highest BCUT2D eigenvalue weighted by Crippen LogP contribution is 2.28. The first-order valence-electron chi connectivity index (χ1n) is 19.4. The van der Waals surface area contributed by atoms with Crippen LogP contribution in [-0.2, 0) is 42.0 Å². The van der Waals surface area contributed by atoms with Crippen LogP contribution in [0.15, 0.2) is 146 Å². The number of aromatic carboxylic acids is 1. The number of halogens is 2. The van der Waals surface area contributed by atoms with Gasteiger partial charge >= 0.3 is 17.9 Å². The maximum atomic E-state index is 12.1. The zero-order chi connectivity index (χ0) is 43.0. The standard InChI is InChI=1S/C25H20ClNO4.C25H22ClNO3/c1-31-25(30)21-14-20(26)9-8-18(21)11-17-7-10-22-19(12-17)13-23(24(28)29)27(22)15-16-5-3-2-4-6-16;1-30-25(29)23-14-21(26)9-8-19(23)11-18-7-10-24-20(12-18)13-22(16-28)27(24)15-17-5-3-2-4-6-17/h2-10,12-14H,11,15H2,1H3,(H,28,29);2-10,12-14,28H,11,15-16H2,1H3. The number of benzene rings is 6. The molecule has 308 valence electrons. The van der Waals surface area contributed by atoms with Gasteiger partial charge in [0.1, 0.15) is 5.69 Å². The van der Waals surface area contributed by atoms with Crippen molar-refractivity contribution in [1.29, 1.82) is 0 Å². The third-order valence-electron chi connectivity index (χ3n) is 10.5. The van der Waals surface area contributed by atoms with E-state index in [1.807, 2.05) is 84.9 Å². The molecule has 0 atom stereocenters. The molecule has 6 aromatic carbocycles. The molecule has 0 amide bonds. The summed E-state index contributed by atoms with van der Waals surface area (Å²) in [4.78, 5) is 36.1. The SMILES string of the molecule is COC(=O)c1cc(Cl)ccc1Cc1ccc2c(c1)cc(C(=O)O)n2Cc1ccccc1.COC(=O)c1cc(Cl)ccc1Cc1ccc2c(c1)cc(CO)n2Cc1ccccc1. The molecule has 0 spiro atoms. The Kier molecular flexibility index (Phi) is 13.3. The van der Waals surface area contributed by atoms with E-state index in [0.717, 1.165) is 55.3 Å². The molecule has 61 heavy (non-hydrogen) atoms. The molecule has 9 nitrogen and oxygen atoms in total. The maximum Gasteiger partial charge on any atom is 0.352 e. The summed E-state index contributed by atoms with van der Waals surface area (Å²) >= 11 is 12.1. The van der Waals surface area contributed by atoms with Crippen LogP contribution < -0.4 is 0 Å². The maximum absolute atomic E-state index is 12.1. The van der Waals surface area contributed by atoms with Gasteiger partial charge in [0.05, 0.1) is 32.0 Å². The Bertz CT molecular complexity index is 2870. The number of rotatable bonds is 12. The van der Waals surface area contributed by atoms with Gasteiger partial charge in [0.25, 0.3) is 0 Å². The predicted molar refractivity (Wildman–Crippen MR) is 239 cm³/mol. The van der Waals surface area contributed by atoms with Gasteiger partial charge in [-0.15, -0.1) is 0 Å². The Hall–Kier alpha value is -6.65. The number of aliphatic hydroxyl groups is 1. The molecule has 2 heterocycles. The largest absolute Gasteiger partial charge is 0.477 e. The number of aromatic nitrogens is 2. The van der Waals surface area contributed by atoms with E-state index < -0.39 is 17.9 Å². The summed E-state index contributed by atoms with van der Waals surface area (Å²) in [5.41, 5.74) is 9.77. The van der Waals surface area contributed by atoms with Crippen molar-refractivity contribution in [2.75, 3.05) is 14.2 Å². The van der Waals surface area contributed by atoms with Crippen LogP contribution in [0.5, 0.6) is 0 Å². The molecule has 0 bridgehead atoms. The quantitative estimate of drug-likeness (QED) is 0.117. The zero-order valence-electron chi connectivity index (χ0n) is 33.5. The van der Waals surface area contributed by atoms with Gasteiger partial charge in [0.2, 0.25) is 0 Å². The highest BCUT2D eigenvalue weighted by molar-refractivity contribution is 6.31. The fraction of sp³-hybridized carbons (Fsp3) is 0.140. The Morgan fingerprint density at radius 2 is 1.00 bits per heavy atom. The second kappa shape index (κ2) is 19.2. The average Bonchev–Trinajstić information content (AvgIpc) is 3.82. The molecule has 0 aliphatic rings. The molecule has 0 unspecified atom stereocenters. The van der Waals surface area contributed by atoms with Gasteiger partial charge in [0.15, 0.2) is 0 Å². The van der Waals surface area contributed by atoms with E-state index in [2.05, 4.69) is 34.9 Å². The number of carbonyl (C=O) groups is 3. The van der Waals surface area contributed by atoms with E-state index in [-0.39, 0.29) is 12.3 Å². The van der Waals surface area contributed by atoms with E-state index >= 15 is 0 Å². The Morgan fingerprint density at radius 3 is 1.46 bits per heavy atom. The summed E-state index contributed by atoms with van der Waals surface area (Å²) in [6, 6.07) is 46.1. The van der Waals surface area contributed by atoms with Crippen molar-refractivity contribution < 1.29 is 34.1 Å². The Morgan fingerprint density at radius 1 is 0.541 bits per heavy atom. The number of methoxy groups -OCH3 is 2. The molecular formula is C50H42Cl2N2O7. The lowest BCUT2D eigenvalue weighted by atomic mass is 9.99. The number of ether oxygens (including phenoxy) is 2. The lowest BCUT2D eigenvalue weighted by molar-refractivity contribution is 0.0590. The van der Waals surface area contributed by atoms with Crippen molar-refractivity contribution in [1.82, 2.24) is 9.13 Å². The Labute approximate surface area is 362 Å². The number of carboxylic acids is 1. The minimum atomic E-state index is -0.973. The molecular weight excluding hydrogens is 811 g/mol. The second-order valence-electron chi connectivity index (χ2n) is 14.5. The fourth-order valence-corrected chi connectivity index (χ4v) is 7.90. The van der Waals surface area contributed by atoms with Gasteiger partial charge in [-0.2, -0.15) is 0 Å². The molecule has 0 saturated heterocycles. The lowest BCUT2D eigenvalue weighted by Gasteiger charge is -2.11. The predicted octanol–water partition coefficient (Wildman–Crippen LogP) is 10.6. The van der Waals surface area contributed by atoms with Gasteiger partial charge in [0, 0.05) is 50.6 Å². The summed E-state index contributed by atoms with van der Waals surface area (Å²) < 4.78 is 13.7. The molecule has 0 saturated carbocycles. The van der Waals surface area contributed by atoms with Crippen molar-refractivity contribution in [3.63, 3.8) is 0 Å². The first-order valence-corrected chi connectivity index (χ1v) is 20.2. The van der Waals surface area contributed by atoms with Crippen LogP contribution in [0.2, 0.25) is 10.0 Å². The van der Waals surface area contributed by atoms with Crippen LogP contribution in [0.3, 0.4) is 0 Å². The number of carbonyl (C=O) groups excluding carboxylic acids is 2. The van der Waals surface area contributed by atoms with Crippen molar-refractivity contribution in [3.05, 3.63) is 212 Å². The number of aliphatic hydroxyl groups excluding tert-OH is 1. The van der Waals surface area contributed by atoms with Crippen molar-refractivity contribution in [2.24, 2.45) is 0 Å². The van der Waals surface area contributed by atoms with Crippen LogP contribution in [0.4, 0.5) is 0 Å². The molecule has 8 aromatic rings. The van der Waals surface area contributed by atoms with Gasteiger partial charge in [-0.3, -0.25) is 0 Å². The molecule has 2 aromatic heterocycles. The minimum Gasteiger partial charge on any atom is -0.477 e. The van der Waals surface area contributed by atoms with Crippen molar-refractivity contribution in [2.45, 2.75) is 32.5 Å². The monoisotopic (exact) mass is 852 g/mol. The number of carboxylic acid groups (broad SMARTS) is 1. The highest BCUT2D eigenvalue weighted by atomic mass is 35.5. The van der Waals surface area contributed by atoms with Crippen LogP contribution in [0, 0.1) is 0 Å². The van der Waals surface area contributed by atoms with Gasteiger partial charge in [-0.05, 0) is 107 Å². The molecule has 0 radical (unpaired) electrons. The zero-order valence-corrected chi connectivity index (χ0v) is 35.0. The van der Waals surface area contributed by atoms with Crippen LogP contribution in [-0.4, -0.2) is 51.5 Å². The first kappa shape index (κ1) is 42.5. The molecule has 8 rings (SSSR count). The lowest BCUT2D eigenvalue weighted by Crippen LogP contribution is -2.09. The molecule has 2 N–H and O–H groups in total. The number of esters is 2. The third kappa shape index (κ3) is 9.88. The summed E-state index contributed by atoms with van der Waals surface area (Å²) in [6.07, 6.45) is 1.07. The van der Waals surface area contributed by atoms with Crippen molar-refractivity contribution in [3.8, 4) is 0 Å². The van der Waals surface area contributed by atoms with Crippen LogP contribution in [0.25, 0.3) is 21.8 Å². The van der Waals surface area contributed by atoms with Gasteiger partial charge < -0.3 is 28.8 Å². The number of hydrogen-bond donors (Lipinski definition) is 2. The Balaban J connectivity index is 0.000000184. The number of fused-ring (bicyclic) bond motifs is 2. The summed E-state index contributed by atoms with van der Waals surface area (Å²) in [6.45, 7) is 1.14. The summed E-state index contributed by atoms with van der Waals surface area (Å²) in [5, 5.41) is 22.4. The van der Waals surface area contributed by atoms with E-state index in [9.17, 15) is 24.6 Å². The molecule has 11 heteroatoms. The molecule has 0 aliphatic carbocycles.